The minimum absolute atomic E-state index is 0.0371. The molecule has 4 heteroatoms. The molecule has 2 amide bonds. The summed E-state index contributed by atoms with van der Waals surface area (Å²) in [5.74, 6) is 0.905. The number of likely N-dealkylation sites (tertiary alicyclic amines) is 1. The summed E-state index contributed by atoms with van der Waals surface area (Å²) in [5, 5.41) is 2.93. The summed E-state index contributed by atoms with van der Waals surface area (Å²) in [6.07, 6.45) is 1.89. The Kier molecular flexibility index (Phi) is 4.81. The van der Waals surface area contributed by atoms with Crippen molar-refractivity contribution in [3.63, 3.8) is 0 Å². The van der Waals surface area contributed by atoms with E-state index in [0.717, 1.165) is 37.4 Å². The molecular weight excluding hydrogens is 288 g/mol. The number of carbonyl (C=O) groups excluding carboxylic acids is 1. The molecular formula is C19H22N2O2. The Balaban J connectivity index is 1.48. The molecule has 0 saturated carbocycles. The van der Waals surface area contributed by atoms with E-state index in [4.69, 9.17) is 4.74 Å². The number of carbonyl (C=O) groups is 1. The molecule has 0 bridgehead atoms. The highest BCUT2D eigenvalue weighted by Gasteiger charge is 2.23. The Morgan fingerprint density at radius 2 is 1.70 bits per heavy atom. The van der Waals surface area contributed by atoms with Gasteiger partial charge in [0.15, 0.2) is 0 Å². The summed E-state index contributed by atoms with van der Waals surface area (Å²) in [7, 11) is 0. The van der Waals surface area contributed by atoms with Gasteiger partial charge in [-0.1, -0.05) is 35.9 Å². The number of nitrogens with one attached hydrogen (secondary N) is 1. The van der Waals surface area contributed by atoms with E-state index in [-0.39, 0.29) is 12.1 Å². The molecule has 120 valence electrons. The standard InChI is InChI=1S/C19H22N2O2/c1-15-7-9-17(10-8-15)23-18-11-13-21(14-12-18)19(22)20-16-5-3-2-4-6-16/h2-10,18H,11-14H2,1H3,(H,20,22). The Bertz CT molecular complexity index is 632. The van der Waals surface area contributed by atoms with Gasteiger partial charge in [0.25, 0.3) is 0 Å². The summed E-state index contributed by atoms with van der Waals surface area (Å²) in [5.41, 5.74) is 2.06. The smallest absolute Gasteiger partial charge is 0.321 e. The Labute approximate surface area is 137 Å². The van der Waals surface area contributed by atoms with Gasteiger partial charge in [-0.15, -0.1) is 0 Å². The van der Waals surface area contributed by atoms with Crippen molar-refractivity contribution in [2.24, 2.45) is 0 Å². The van der Waals surface area contributed by atoms with Crippen molar-refractivity contribution < 1.29 is 9.53 Å². The van der Waals surface area contributed by atoms with E-state index >= 15 is 0 Å². The van der Waals surface area contributed by atoms with Crippen LogP contribution in [-0.4, -0.2) is 30.1 Å². The first kappa shape index (κ1) is 15.4. The van der Waals surface area contributed by atoms with E-state index in [9.17, 15) is 4.79 Å². The van der Waals surface area contributed by atoms with E-state index in [1.807, 2.05) is 47.4 Å². The summed E-state index contributed by atoms with van der Waals surface area (Å²) in [6.45, 7) is 3.50. The first-order chi connectivity index (χ1) is 11.2. The Morgan fingerprint density at radius 1 is 1.04 bits per heavy atom. The Morgan fingerprint density at radius 3 is 2.35 bits per heavy atom. The van der Waals surface area contributed by atoms with Gasteiger partial charge in [0.05, 0.1) is 0 Å². The van der Waals surface area contributed by atoms with Gasteiger partial charge in [-0.3, -0.25) is 0 Å². The van der Waals surface area contributed by atoms with Crippen LogP contribution in [0.15, 0.2) is 54.6 Å². The lowest BCUT2D eigenvalue weighted by Crippen LogP contribution is -2.43. The molecule has 0 aromatic heterocycles. The van der Waals surface area contributed by atoms with Crippen LogP contribution in [-0.2, 0) is 0 Å². The molecule has 0 unspecified atom stereocenters. The third-order valence-electron chi connectivity index (χ3n) is 4.08. The van der Waals surface area contributed by atoms with Crippen LogP contribution in [0, 0.1) is 6.92 Å². The summed E-state index contributed by atoms with van der Waals surface area (Å²) >= 11 is 0. The molecule has 1 N–H and O–H groups in total. The van der Waals surface area contributed by atoms with E-state index < -0.39 is 0 Å². The fraction of sp³-hybridized carbons (Fsp3) is 0.316. The van der Waals surface area contributed by atoms with Crippen LogP contribution in [0.2, 0.25) is 0 Å². The van der Waals surface area contributed by atoms with Gasteiger partial charge in [0, 0.05) is 31.6 Å². The number of benzene rings is 2. The number of amides is 2. The summed E-state index contributed by atoms with van der Waals surface area (Å²) < 4.78 is 6.00. The molecule has 2 aromatic rings. The fourth-order valence-corrected chi connectivity index (χ4v) is 2.71. The predicted octanol–water partition coefficient (Wildman–Crippen LogP) is 4.07. The molecule has 3 rings (SSSR count). The molecule has 4 nitrogen and oxygen atoms in total. The van der Waals surface area contributed by atoms with Crippen molar-refractivity contribution >= 4 is 11.7 Å². The van der Waals surface area contributed by atoms with E-state index in [1.54, 1.807) is 0 Å². The van der Waals surface area contributed by atoms with E-state index in [0.29, 0.717) is 0 Å². The second-order valence-electron chi connectivity index (χ2n) is 5.91. The first-order valence-electron chi connectivity index (χ1n) is 8.05. The highest BCUT2D eigenvalue weighted by molar-refractivity contribution is 5.89. The SMILES string of the molecule is Cc1ccc(OC2CCN(C(=O)Nc3ccccc3)CC2)cc1. The highest BCUT2D eigenvalue weighted by Crippen LogP contribution is 2.20. The summed E-state index contributed by atoms with van der Waals surface area (Å²) in [6, 6.07) is 17.6. The van der Waals surface area contributed by atoms with Crippen LogP contribution in [0.1, 0.15) is 18.4 Å². The molecule has 0 spiro atoms. The maximum absolute atomic E-state index is 12.2. The van der Waals surface area contributed by atoms with E-state index in [1.165, 1.54) is 5.56 Å². The normalized spacial score (nSPS) is 15.3. The van der Waals surface area contributed by atoms with Gasteiger partial charge in [-0.2, -0.15) is 0 Å². The van der Waals surface area contributed by atoms with Crippen LogP contribution in [0.4, 0.5) is 10.5 Å². The average molecular weight is 310 g/mol. The maximum Gasteiger partial charge on any atom is 0.321 e. The van der Waals surface area contributed by atoms with E-state index in [2.05, 4.69) is 24.4 Å². The predicted molar refractivity (Wildman–Crippen MR) is 91.9 cm³/mol. The molecule has 0 radical (unpaired) electrons. The first-order valence-corrected chi connectivity index (χ1v) is 8.05. The zero-order valence-corrected chi connectivity index (χ0v) is 13.4. The molecule has 23 heavy (non-hydrogen) atoms. The lowest BCUT2D eigenvalue weighted by atomic mass is 10.1. The third kappa shape index (κ3) is 4.25. The maximum atomic E-state index is 12.2. The fourth-order valence-electron chi connectivity index (χ4n) is 2.71. The quantitative estimate of drug-likeness (QED) is 0.928. The number of para-hydroxylation sites is 1. The van der Waals surface area contributed by atoms with Crippen LogP contribution in [0.25, 0.3) is 0 Å². The van der Waals surface area contributed by atoms with Crippen molar-refractivity contribution in [1.29, 1.82) is 0 Å². The largest absolute Gasteiger partial charge is 0.490 e. The second kappa shape index (κ2) is 7.18. The zero-order chi connectivity index (χ0) is 16.1. The van der Waals surface area contributed by atoms with Gasteiger partial charge in [0.2, 0.25) is 0 Å². The molecule has 2 aromatic carbocycles. The number of aryl methyl sites for hydroxylation is 1. The highest BCUT2D eigenvalue weighted by atomic mass is 16.5. The molecule has 1 heterocycles. The molecule has 0 aliphatic carbocycles. The van der Waals surface area contributed by atoms with Crippen molar-refractivity contribution in [1.82, 2.24) is 4.90 Å². The van der Waals surface area contributed by atoms with Gasteiger partial charge in [0.1, 0.15) is 11.9 Å². The number of anilines is 1. The van der Waals surface area contributed by atoms with Crippen molar-refractivity contribution in [2.75, 3.05) is 18.4 Å². The van der Waals surface area contributed by atoms with Gasteiger partial charge >= 0.3 is 6.03 Å². The van der Waals surface area contributed by atoms with Crippen LogP contribution in [0.5, 0.6) is 5.75 Å². The lowest BCUT2D eigenvalue weighted by Gasteiger charge is -2.32. The van der Waals surface area contributed by atoms with Crippen molar-refractivity contribution in [2.45, 2.75) is 25.9 Å². The average Bonchev–Trinajstić information content (AvgIpc) is 2.58. The Hall–Kier alpha value is -2.49. The van der Waals surface area contributed by atoms with Gasteiger partial charge in [-0.05, 0) is 31.2 Å². The molecule has 1 fully saturated rings. The number of rotatable bonds is 3. The lowest BCUT2D eigenvalue weighted by molar-refractivity contribution is 0.115. The van der Waals surface area contributed by atoms with Crippen molar-refractivity contribution in [3.05, 3.63) is 60.2 Å². The molecule has 0 atom stereocenters. The molecule has 1 aliphatic heterocycles. The minimum Gasteiger partial charge on any atom is -0.490 e. The monoisotopic (exact) mass is 310 g/mol. The number of nitrogens with zero attached hydrogens (tertiary/aromatic N) is 1. The topological polar surface area (TPSA) is 41.6 Å². The zero-order valence-electron chi connectivity index (χ0n) is 13.4. The second-order valence-corrected chi connectivity index (χ2v) is 5.91. The third-order valence-corrected chi connectivity index (χ3v) is 4.08. The number of piperidine rings is 1. The van der Waals surface area contributed by atoms with Crippen LogP contribution >= 0.6 is 0 Å². The van der Waals surface area contributed by atoms with Crippen LogP contribution < -0.4 is 10.1 Å². The number of ether oxygens (including phenoxy) is 1. The van der Waals surface area contributed by atoms with Crippen LogP contribution in [0.3, 0.4) is 0 Å². The van der Waals surface area contributed by atoms with Gasteiger partial charge < -0.3 is 15.0 Å². The molecule has 1 aliphatic rings. The van der Waals surface area contributed by atoms with Crippen molar-refractivity contribution in [3.8, 4) is 5.75 Å². The number of hydrogen-bond donors (Lipinski definition) is 1. The number of urea groups is 1. The molecule has 1 saturated heterocycles. The minimum atomic E-state index is -0.0371. The summed E-state index contributed by atoms with van der Waals surface area (Å²) in [4.78, 5) is 14.1. The van der Waals surface area contributed by atoms with Gasteiger partial charge in [-0.25, -0.2) is 4.79 Å². The number of hydrogen-bond acceptors (Lipinski definition) is 2.